The third kappa shape index (κ3) is 3.46. The van der Waals surface area contributed by atoms with Crippen LogP contribution >= 0.6 is 11.3 Å². The van der Waals surface area contributed by atoms with Crippen LogP contribution in [0, 0.1) is 6.92 Å². The van der Waals surface area contributed by atoms with E-state index >= 15 is 0 Å². The molecule has 4 aromatic rings. The highest BCUT2D eigenvalue weighted by atomic mass is 32.1. The van der Waals surface area contributed by atoms with Crippen LogP contribution in [-0.2, 0) is 4.74 Å². The van der Waals surface area contributed by atoms with Crippen LogP contribution in [-0.4, -0.2) is 27.3 Å². The van der Waals surface area contributed by atoms with Crippen LogP contribution in [0.2, 0.25) is 0 Å². The van der Waals surface area contributed by atoms with E-state index in [4.69, 9.17) is 9.84 Å². The summed E-state index contributed by atoms with van der Waals surface area (Å²) in [5.41, 5.74) is 4.47. The SMILES string of the molecule is CCOC(=O)c1sc(-n2nc(-c3ccccc3)cc2-c2ccccc2)nc1C. The van der Waals surface area contributed by atoms with E-state index in [9.17, 15) is 4.79 Å². The third-order valence-electron chi connectivity index (χ3n) is 4.28. The second-order valence-electron chi connectivity index (χ2n) is 6.19. The van der Waals surface area contributed by atoms with Crippen molar-refractivity contribution in [1.82, 2.24) is 14.8 Å². The third-order valence-corrected chi connectivity index (χ3v) is 5.39. The van der Waals surface area contributed by atoms with E-state index in [2.05, 4.69) is 4.98 Å². The molecule has 0 N–H and O–H groups in total. The first-order valence-corrected chi connectivity index (χ1v) is 9.85. The summed E-state index contributed by atoms with van der Waals surface area (Å²) < 4.78 is 6.95. The molecule has 0 bridgehead atoms. The van der Waals surface area contributed by atoms with Gasteiger partial charge in [-0.2, -0.15) is 5.10 Å². The minimum Gasteiger partial charge on any atom is -0.462 e. The molecule has 0 atom stereocenters. The van der Waals surface area contributed by atoms with E-state index in [-0.39, 0.29) is 5.97 Å². The fourth-order valence-electron chi connectivity index (χ4n) is 2.95. The smallest absolute Gasteiger partial charge is 0.350 e. The van der Waals surface area contributed by atoms with Crippen LogP contribution in [0.15, 0.2) is 66.7 Å². The Kier molecular flexibility index (Phi) is 5.04. The molecule has 2 aromatic carbocycles. The van der Waals surface area contributed by atoms with E-state index in [0.717, 1.165) is 22.5 Å². The Labute approximate surface area is 167 Å². The van der Waals surface area contributed by atoms with Gasteiger partial charge in [0, 0.05) is 11.1 Å². The van der Waals surface area contributed by atoms with Crippen LogP contribution in [0.25, 0.3) is 27.6 Å². The summed E-state index contributed by atoms with van der Waals surface area (Å²) in [7, 11) is 0. The summed E-state index contributed by atoms with van der Waals surface area (Å²) in [4.78, 5) is 17.3. The Hall–Kier alpha value is -3.25. The Morgan fingerprint density at radius 2 is 1.68 bits per heavy atom. The molecule has 0 amide bonds. The molecule has 5 nitrogen and oxygen atoms in total. The van der Waals surface area contributed by atoms with Gasteiger partial charge in [0.2, 0.25) is 5.13 Å². The van der Waals surface area contributed by atoms with Crippen LogP contribution in [0.3, 0.4) is 0 Å². The van der Waals surface area contributed by atoms with Gasteiger partial charge in [0.25, 0.3) is 0 Å². The number of esters is 1. The zero-order chi connectivity index (χ0) is 19.5. The molecule has 2 heterocycles. The molecule has 0 saturated carbocycles. The monoisotopic (exact) mass is 389 g/mol. The van der Waals surface area contributed by atoms with Crippen molar-refractivity contribution in [2.24, 2.45) is 0 Å². The van der Waals surface area contributed by atoms with Gasteiger partial charge in [0.1, 0.15) is 4.88 Å². The van der Waals surface area contributed by atoms with Crippen molar-refractivity contribution in [2.75, 3.05) is 6.61 Å². The van der Waals surface area contributed by atoms with Gasteiger partial charge >= 0.3 is 5.97 Å². The van der Waals surface area contributed by atoms with E-state index < -0.39 is 0 Å². The molecule has 2 aromatic heterocycles. The van der Waals surface area contributed by atoms with Crippen molar-refractivity contribution < 1.29 is 9.53 Å². The molecule has 0 aliphatic heterocycles. The van der Waals surface area contributed by atoms with Gasteiger partial charge in [-0.15, -0.1) is 0 Å². The molecule has 140 valence electrons. The second-order valence-corrected chi connectivity index (χ2v) is 7.17. The summed E-state index contributed by atoms with van der Waals surface area (Å²) in [6, 6.07) is 22.1. The summed E-state index contributed by atoms with van der Waals surface area (Å²) >= 11 is 1.29. The maximum atomic E-state index is 12.2. The molecule has 0 aliphatic carbocycles. The summed E-state index contributed by atoms with van der Waals surface area (Å²) in [5, 5.41) is 5.44. The quantitative estimate of drug-likeness (QED) is 0.443. The van der Waals surface area contributed by atoms with Crippen molar-refractivity contribution >= 4 is 17.3 Å². The lowest BCUT2D eigenvalue weighted by Gasteiger charge is -2.03. The standard InChI is InChI=1S/C22H19N3O2S/c1-3-27-21(26)20-15(2)23-22(28-20)25-19(17-12-8-5-9-13-17)14-18(24-25)16-10-6-4-7-11-16/h4-14H,3H2,1-2H3. The Morgan fingerprint density at radius 3 is 2.32 bits per heavy atom. The lowest BCUT2D eigenvalue weighted by atomic mass is 10.1. The zero-order valence-electron chi connectivity index (χ0n) is 15.6. The molecule has 6 heteroatoms. The average molecular weight is 389 g/mol. The number of hydrogen-bond donors (Lipinski definition) is 0. The highest BCUT2D eigenvalue weighted by molar-refractivity contribution is 7.16. The average Bonchev–Trinajstić information content (AvgIpc) is 3.33. The summed E-state index contributed by atoms with van der Waals surface area (Å²) in [6.45, 7) is 3.94. The van der Waals surface area contributed by atoms with E-state index in [0.29, 0.717) is 22.3 Å². The normalized spacial score (nSPS) is 10.8. The van der Waals surface area contributed by atoms with Gasteiger partial charge in [0.15, 0.2) is 0 Å². The number of thiazole rings is 1. The Bertz CT molecular complexity index is 1100. The molecule has 0 radical (unpaired) electrons. The van der Waals surface area contributed by atoms with Crippen LogP contribution in [0.1, 0.15) is 22.3 Å². The van der Waals surface area contributed by atoms with Gasteiger partial charge in [-0.3, -0.25) is 0 Å². The minimum absolute atomic E-state index is 0.334. The van der Waals surface area contributed by atoms with Crippen LogP contribution in [0.5, 0.6) is 0 Å². The lowest BCUT2D eigenvalue weighted by Crippen LogP contribution is -2.03. The summed E-state index contributed by atoms with van der Waals surface area (Å²) in [6.07, 6.45) is 0. The molecule has 0 spiro atoms. The van der Waals surface area contributed by atoms with Gasteiger partial charge in [-0.25, -0.2) is 14.5 Å². The number of aryl methyl sites for hydroxylation is 1. The highest BCUT2D eigenvalue weighted by Crippen LogP contribution is 2.31. The lowest BCUT2D eigenvalue weighted by molar-refractivity contribution is 0.0531. The second kappa shape index (κ2) is 7.78. The van der Waals surface area contributed by atoms with Crippen LogP contribution < -0.4 is 0 Å². The van der Waals surface area contributed by atoms with Gasteiger partial charge in [0.05, 0.1) is 23.7 Å². The number of ether oxygens (including phenoxy) is 1. The fourth-order valence-corrected chi connectivity index (χ4v) is 3.88. The Morgan fingerprint density at radius 1 is 1.04 bits per heavy atom. The van der Waals surface area contributed by atoms with Gasteiger partial charge in [-0.1, -0.05) is 72.0 Å². The van der Waals surface area contributed by atoms with Crippen molar-refractivity contribution in [3.05, 3.63) is 77.3 Å². The van der Waals surface area contributed by atoms with E-state index in [1.54, 1.807) is 11.6 Å². The molecule has 0 unspecified atom stereocenters. The number of benzene rings is 2. The van der Waals surface area contributed by atoms with Crippen molar-refractivity contribution in [3.8, 4) is 27.6 Å². The fraction of sp³-hybridized carbons (Fsp3) is 0.136. The first-order chi connectivity index (χ1) is 13.7. The van der Waals surface area contributed by atoms with Crippen LogP contribution in [0.4, 0.5) is 0 Å². The van der Waals surface area contributed by atoms with Crippen molar-refractivity contribution in [2.45, 2.75) is 13.8 Å². The molecular formula is C22H19N3O2S. The number of carbonyl (C=O) groups is 1. The number of nitrogens with zero attached hydrogens (tertiary/aromatic N) is 3. The summed E-state index contributed by atoms with van der Waals surface area (Å²) in [5.74, 6) is -0.347. The minimum atomic E-state index is -0.347. The van der Waals surface area contributed by atoms with E-state index in [1.807, 2.05) is 73.7 Å². The maximum Gasteiger partial charge on any atom is 0.350 e. The molecule has 0 fully saturated rings. The van der Waals surface area contributed by atoms with E-state index in [1.165, 1.54) is 11.3 Å². The molecule has 4 rings (SSSR count). The molecule has 28 heavy (non-hydrogen) atoms. The zero-order valence-corrected chi connectivity index (χ0v) is 16.4. The number of hydrogen-bond acceptors (Lipinski definition) is 5. The number of rotatable bonds is 5. The predicted octanol–water partition coefficient (Wildman–Crippen LogP) is 5.15. The first kappa shape index (κ1) is 18.1. The van der Waals surface area contributed by atoms with Crippen molar-refractivity contribution in [1.29, 1.82) is 0 Å². The van der Waals surface area contributed by atoms with Gasteiger partial charge in [-0.05, 0) is 19.9 Å². The number of carbonyl (C=O) groups excluding carboxylic acids is 1. The van der Waals surface area contributed by atoms with Gasteiger partial charge < -0.3 is 4.74 Å². The molecular weight excluding hydrogens is 370 g/mol. The Balaban J connectivity index is 1.85. The molecule has 0 saturated heterocycles. The van der Waals surface area contributed by atoms with Crippen molar-refractivity contribution in [3.63, 3.8) is 0 Å². The topological polar surface area (TPSA) is 57.0 Å². The predicted molar refractivity (Wildman–Crippen MR) is 111 cm³/mol. The maximum absolute atomic E-state index is 12.2. The first-order valence-electron chi connectivity index (χ1n) is 9.03. The molecule has 0 aliphatic rings. The highest BCUT2D eigenvalue weighted by Gasteiger charge is 2.20. The largest absolute Gasteiger partial charge is 0.462 e. The number of aromatic nitrogens is 3.